The van der Waals surface area contributed by atoms with Gasteiger partial charge in [0.2, 0.25) is 19.9 Å². The third kappa shape index (κ3) is 6.45. The summed E-state index contributed by atoms with van der Waals surface area (Å²) < 4.78 is 62.4. The van der Waals surface area contributed by atoms with Gasteiger partial charge in [0.05, 0.1) is 44.7 Å². The first-order valence-electron chi connectivity index (χ1n) is 11.2. The Morgan fingerprint density at radius 1 is 1.10 bits per heavy atom. The third-order valence-electron chi connectivity index (χ3n) is 5.45. The summed E-state index contributed by atoms with van der Waals surface area (Å²) in [6.45, 7) is -0.0302. The zero-order valence-corrected chi connectivity index (χ0v) is 23.4. The molecular formula is C22H19ClN4O10S3. The average molecular weight is 631 g/mol. The number of anilines is 1. The molecule has 0 spiro atoms. The van der Waals surface area contributed by atoms with E-state index in [4.69, 9.17) is 21.1 Å². The Balaban J connectivity index is 1.39. The van der Waals surface area contributed by atoms with Crippen molar-refractivity contribution >= 4 is 65.5 Å². The number of sulfone groups is 1. The molecule has 0 aliphatic carbocycles. The number of esters is 1. The van der Waals surface area contributed by atoms with Gasteiger partial charge < -0.3 is 9.47 Å². The number of nitro groups is 1. The van der Waals surface area contributed by atoms with Gasteiger partial charge in [-0.2, -0.15) is 4.31 Å². The molecule has 0 atom stereocenters. The van der Waals surface area contributed by atoms with Crippen molar-refractivity contribution in [2.45, 2.75) is 14.0 Å². The predicted octanol–water partition coefficient (Wildman–Crippen LogP) is 2.35. The highest BCUT2D eigenvalue weighted by Gasteiger charge is 2.28. The molecule has 40 heavy (non-hydrogen) atoms. The molecule has 1 aliphatic heterocycles. The van der Waals surface area contributed by atoms with Crippen LogP contribution in [-0.2, 0) is 34.1 Å². The Morgan fingerprint density at radius 2 is 1.75 bits per heavy atom. The number of morpholine rings is 1. The van der Waals surface area contributed by atoms with Crippen molar-refractivity contribution in [3.63, 3.8) is 0 Å². The highest BCUT2D eigenvalue weighted by atomic mass is 35.5. The molecule has 4 rings (SSSR count). The van der Waals surface area contributed by atoms with Crippen molar-refractivity contribution in [1.29, 1.82) is 0 Å². The average Bonchev–Trinajstić information content (AvgIpc) is 3.41. The van der Waals surface area contributed by atoms with Crippen LogP contribution >= 0.6 is 22.9 Å². The molecule has 0 bridgehead atoms. The topological polar surface area (TPSA) is 192 Å². The van der Waals surface area contributed by atoms with Crippen LogP contribution in [0.4, 0.5) is 10.8 Å². The first kappa shape index (κ1) is 29.5. The number of aromatic nitrogens is 1. The molecular weight excluding hydrogens is 612 g/mol. The maximum atomic E-state index is 12.9. The normalized spacial score (nSPS) is 14.4. The minimum absolute atomic E-state index is 0.0904. The fourth-order valence-corrected chi connectivity index (χ4v) is 7.50. The van der Waals surface area contributed by atoms with Crippen LogP contribution in [0.3, 0.4) is 0 Å². The van der Waals surface area contributed by atoms with Gasteiger partial charge in [0.25, 0.3) is 11.6 Å². The summed E-state index contributed by atoms with van der Waals surface area (Å²) in [4.78, 5) is 38.5. The van der Waals surface area contributed by atoms with Crippen LogP contribution in [-0.4, -0.2) is 75.8 Å². The first-order chi connectivity index (χ1) is 18.9. The lowest BCUT2D eigenvalue weighted by atomic mass is 10.2. The number of nitrogens with zero attached hydrogens (tertiary/aromatic N) is 3. The maximum absolute atomic E-state index is 12.9. The van der Waals surface area contributed by atoms with E-state index < -0.39 is 43.3 Å². The number of non-ortho nitro benzene ring substituents is 1. The molecule has 2 aromatic carbocycles. The molecule has 1 aromatic heterocycles. The number of nitro benzene ring substituents is 1. The zero-order valence-electron chi connectivity index (χ0n) is 20.2. The van der Waals surface area contributed by atoms with Crippen molar-refractivity contribution in [3.05, 3.63) is 69.4 Å². The van der Waals surface area contributed by atoms with E-state index in [2.05, 4.69) is 10.3 Å². The molecule has 212 valence electrons. The summed E-state index contributed by atoms with van der Waals surface area (Å²) in [6, 6.07) is 7.79. The Kier molecular flexibility index (Phi) is 8.81. The van der Waals surface area contributed by atoms with E-state index in [0.29, 0.717) is 11.3 Å². The lowest BCUT2D eigenvalue weighted by Crippen LogP contribution is -2.40. The SMILES string of the molecule is O=C(COC(=O)c1cc(S(=O)(=O)N2CCOCC2)ccc1Cl)Nc1ncc(S(=O)(=O)c2ccc([N+](=O)[O-])cc2)s1. The Hall–Kier alpha value is -3.48. The van der Waals surface area contributed by atoms with Crippen LogP contribution < -0.4 is 5.32 Å². The Bertz CT molecular complexity index is 1670. The smallest absolute Gasteiger partial charge is 0.340 e. The molecule has 1 N–H and O–H groups in total. The van der Waals surface area contributed by atoms with Gasteiger partial charge in [-0.1, -0.05) is 22.9 Å². The Labute approximate surface area is 236 Å². The van der Waals surface area contributed by atoms with Crippen LogP contribution in [0.15, 0.2) is 62.7 Å². The van der Waals surface area contributed by atoms with E-state index in [1.807, 2.05) is 0 Å². The van der Waals surface area contributed by atoms with Crippen molar-refractivity contribution in [3.8, 4) is 0 Å². The quantitative estimate of drug-likeness (QED) is 0.207. The second-order valence-electron chi connectivity index (χ2n) is 8.02. The minimum Gasteiger partial charge on any atom is -0.452 e. The number of sulfonamides is 1. The summed E-state index contributed by atoms with van der Waals surface area (Å²) in [5.41, 5.74) is -0.549. The summed E-state index contributed by atoms with van der Waals surface area (Å²) in [5, 5.41) is 12.9. The highest BCUT2D eigenvalue weighted by Crippen LogP contribution is 2.29. The summed E-state index contributed by atoms with van der Waals surface area (Å²) in [5.74, 6) is -1.91. The van der Waals surface area contributed by atoms with Gasteiger partial charge in [-0.05, 0) is 30.3 Å². The number of halogens is 1. The monoisotopic (exact) mass is 630 g/mol. The molecule has 1 fully saturated rings. The highest BCUT2D eigenvalue weighted by molar-refractivity contribution is 7.93. The van der Waals surface area contributed by atoms with Crippen molar-refractivity contribution < 1.29 is 40.8 Å². The van der Waals surface area contributed by atoms with Gasteiger partial charge in [-0.25, -0.2) is 26.6 Å². The molecule has 18 heteroatoms. The zero-order chi connectivity index (χ0) is 29.1. The van der Waals surface area contributed by atoms with E-state index in [9.17, 15) is 36.5 Å². The van der Waals surface area contributed by atoms with E-state index in [1.54, 1.807) is 0 Å². The molecule has 0 unspecified atom stereocenters. The van der Waals surface area contributed by atoms with Crippen LogP contribution in [0.25, 0.3) is 0 Å². The standard InChI is InChI=1S/C22H19ClN4O10S3/c23-18-6-5-16(40(34,35)26-7-9-36-10-8-26)11-17(18)21(29)37-13-19(28)25-22-24-12-20(38-22)39(32,33)15-3-1-14(2-4-15)27(30)31/h1-6,11-12H,7-10,13H2,(H,24,25,28). The number of amides is 1. The molecule has 14 nitrogen and oxygen atoms in total. The molecule has 0 saturated carbocycles. The van der Waals surface area contributed by atoms with Gasteiger partial charge in [-0.3, -0.25) is 20.2 Å². The second kappa shape index (κ2) is 11.9. The number of hydrogen-bond donors (Lipinski definition) is 1. The lowest BCUT2D eigenvalue weighted by molar-refractivity contribution is -0.384. The van der Waals surface area contributed by atoms with E-state index >= 15 is 0 Å². The number of carbonyl (C=O) groups is 2. The van der Waals surface area contributed by atoms with Crippen LogP contribution in [0.1, 0.15) is 10.4 Å². The van der Waals surface area contributed by atoms with Crippen LogP contribution in [0, 0.1) is 10.1 Å². The van der Waals surface area contributed by atoms with Crippen LogP contribution in [0.2, 0.25) is 5.02 Å². The minimum atomic E-state index is -4.06. The van der Waals surface area contributed by atoms with Gasteiger partial charge in [-0.15, -0.1) is 0 Å². The van der Waals surface area contributed by atoms with E-state index in [-0.39, 0.29) is 61.7 Å². The largest absolute Gasteiger partial charge is 0.452 e. The molecule has 1 saturated heterocycles. The van der Waals surface area contributed by atoms with E-state index in [1.165, 1.54) is 16.4 Å². The van der Waals surface area contributed by atoms with Crippen molar-refractivity contribution in [2.24, 2.45) is 0 Å². The summed E-state index contributed by atoms with van der Waals surface area (Å²) in [7, 11) is -7.99. The Morgan fingerprint density at radius 3 is 2.40 bits per heavy atom. The van der Waals surface area contributed by atoms with Gasteiger partial charge >= 0.3 is 5.97 Å². The first-order valence-corrected chi connectivity index (χ1v) is 15.3. The predicted molar refractivity (Wildman–Crippen MR) is 141 cm³/mol. The number of benzene rings is 2. The van der Waals surface area contributed by atoms with Crippen molar-refractivity contribution in [1.82, 2.24) is 9.29 Å². The summed E-state index contributed by atoms with van der Waals surface area (Å²) >= 11 is 6.68. The molecule has 0 radical (unpaired) electrons. The van der Waals surface area contributed by atoms with E-state index in [0.717, 1.165) is 36.5 Å². The number of hydrogen-bond acceptors (Lipinski definition) is 12. The fraction of sp³-hybridized carbons (Fsp3) is 0.227. The van der Waals surface area contributed by atoms with Gasteiger partial charge in [0.15, 0.2) is 11.7 Å². The number of ether oxygens (including phenoxy) is 2. The molecule has 3 aromatic rings. The van der Waals surface area contributed by atoms with Gasteiger partial charge in [0.1, 0.15) is 4.21 Å². The third-order valence-corrected chi connectivity index (χ3v) is 10.8. The molecule has 1 amide bonds. The molecule has 1 aliphatic rings. The number of thiazole rings is 1. The second-order valence-corrected chi connectivity index (χ2v) is 13.6. The van der Waals surface area contributed by atoms with Gasteiger partial charge in [0, 0.05) is 25.2 Å². The fourth-order valence-electron chi connectivity index (χ4n) is 3.43. The van der Waals surface area contributed by atoms with Crippen molar-refractivity contribution in [2.75, 3.05) is 38.2 Å². The van der Waals surface area contributed by atoms with Crippen LogP contribution in [0.5, 0.6) is 0 Å². The maximum Gasteiger partial charge on any atom is 0.340 e. The summed E-state index contributed by atoms with van der Waals surface area (Å²) in [6.07, 6.45) is 1.00. The number of rotatable bonds is 9. The molecule has 2 heterocycles. The lowest BCUT2D eigenvalue weighted by Gasteiger charge is -2.26. The number of nitrogens with one attached hydrogen (secondary N) is 1. The number of carbonyl (C=O) groups excluding carboxylic acids is 2.